The number of nitrogens with zero attached hydrogens (tertiary/aromatic N) is 2. The van der Waals surface area contributed by atoms with Gasteiger partial charge in [0, 0.05) is 33.4 Å². The zero-order chi connectivity index (χ0) is 30.4. The van der Waals surface area contributed by atoms with Crippen molar-refractivity contribution in [1.82, 2.24) is 0 Å². The zero-order valence-electron chi connectivity index (χ0n) is 25.6. The lowest BCUT2D eigenvalue weighted by Gasteiger charge is -2.43. The molecule has 0 amide bonds. The maximum absolute atomic E-state index is 2.51. The fourth-order valence-electron chi connectivity index (χ4n) is 7.02. The van der Waals surface area contributed by atoms with E-state index >= 15 is 0 Å². The Bertz CT molecular complexity index is 2090. The summed E-state index contributed by atoms with van der Waals surface area (Å²) in [7, 11) is 0. The van der Waals surface area contributed by atoms with Gasteiger partial charge in [0.25, 0.3) is 0 Å². The van der Waals surface area contributed by atoms with Crippen LogP contribution >= 0.6 is 0 Å². The van der Waals surface area contributed by atoms with Gasteiger partial charge in [0.1, 0.15) is 0 Å². The van der Waals surface area contributed by atoms with Gasteiger partial charge in [-0.25, -0.2) is 0 Å². The van der Waals surface area contributed by atoms with E-state index in [4.69, 9.17) is 0 Å². The van der Waals surface area contributed by atoms with Crippen LogP contribution in [0.25, 0.3) is 21.9 Å². The van der Waals surface area contributed by atoms with E-state index in [1.165, 1.54) is 50.1 Å². The highest BCUT2D eigenvalue weighted by Crippen LogP contribution is 2.56. The summed E-state index contributed by atoms with van der Waals surface area (Å²) in [6.45, 7) is 4.73. The molecule has 1 heterocycles. The van der Waals surface area contributed by atoms with Crippen LogP contribution < -0.4 is 9.80 Å². The summed E-state index contributed by atoms with van der Waals surface area (Å²) in [4.78, 5) is 4.87. The normalized spacial score (nSPS) is 13.2. The molecule has 216 valence electrons. The predicted octanol–water partition coefficient (Wildman–Crippen LogP) is 12.1. The lowest BCUT2D eigenvalue weighted by molar-refractivity contribution is 0.632. The van der Waals surface area contributed by atoms with Gasteiger partial charge < -0.3 is 9.80 Å². The van der Waals surface area contributed by atoms with E-state index in [2.05, 4.69) is 194 Å². The number of rotatable bonds is 5. The van der Waals surface area contributed by atoms with E-state index in [1.54, 1.807) is 0 Å². The molecule has 7 aromatic rings. The largest absolute Gasteiger partial charge is 0.310 e. The fourth-order valence-corrected chi connectivity index (χ4v) is 7.02. The Kier molecular flexibility index (Phi) is 6.50. The lowest BCUT2D eigenvalue weighted by atomic mass is 9.73. The summed E-state index contributed by atoms with van der Waals surface area (Å²) in [5.41, 5.74) is 11.8. The van der Waals surface area contributed by atoms with Gasteiger partial charge in [-0.05, 0) is 70.6 Å². The molecule has 0 aromatic heterocycles. The quantitative estimate of drug-likeness (QED) is 0.200. The Hall–Kier alpha value is -5.60. The van der Waals surface area contributed by atoms with E-state index in [0.717, 1.165) is 17.1 Å². The second-order valence-corrected chi connectivity index (χ2v) is 12.2. The molecule has 2 heteroatoms. The van der Waals surface area contributed by atoms with E-state index < -0.39 is 0 Å². The smallest absolute Gasteiger partial charge is 0.0618 e. The van der Waals surface area contributed by atoms with Crippen LogP contribution in [0, 0.1) is 0 Å². The number of fused-ring (bicyclic) bond motifs is 3. The zero-order valence-corrected chi connectivity index (χ0v) is 25.6. The number of hydrogen-bond acceptors (Lipinski definition) is 2. The van der Waals surface area contributed by atoms with Gasteiger partial charge in [-0.2, -0.15) is 0 Å². The van der Waals surface area contributed by atoms with Gasteiger partial charge in [0.15, 0.2) is 0 Å². The number of benzene rings is 7. The first-order chi connectivity index (χ1) is 22.1. The van der Waals surface area contributed by atoms with Crippen molar-refractivity contribution in [2.24, 2.45) is 0 Å². The van der Waals surface area contributed by atoms with Crippen LogP contribution in [0.2, 0.25) is 0 Å². The molecular formula is C43H34N2. The molecule has 0 radical (unpaired) electrons. The molecule has 0 atom stereocenters. The number of para-hydroxylation sites is 3. The van der Waals surface area contributed by atoms with Gasteiger partial charge in [-0.1, -0.05) is 135 Å². The molecule has 0 bridgehead atoms. The maximum Gasteiger partial charge on any atom is 0.0618 e. The SMILES string of the molecule is CC1(C)c2ccccc2N(c2c(-c3ccccc3)ccc3ccccc23)c2ccc(N(c3ccccc3)c3ccccc3)cc21. The summed E-state index contributed by atoms with van der Waals surface area (Å²) in [5, 5.41) is 2.46. The average molecular weight is 579 g/mol. The Morgan fingerprint density at radius 3 is 1.76 bits per heavy atom. The highest BCUT2D eigenvalue weighted by molar-refractivity contribution is 6.07. The van der Waals surface area contributed by atoms with Crippen molar-refractivity contribution >= 4 is 44.9 Å². The molecule has 1 aliphatic heterocycles. The van der Waals surface area contributed by atoms with Crippen molar-refractivity contribution < 1.29 is 0 Å². The second kappa shape index (κ2) is 10.8. The fraction of sp³-hybridized carbons (Fsp3) is 0.0698. The van der Waals surface area contributed by atoms with Crippen LogP contribution in [-0.4, -0.2) is 0 Å². The van der Waals surface area contributed by atoms with E-state index in [0.29, 0.717) is 0 Å². The highest BCUT2D eigenvalue weighted by Gasteiger charge is 2.38. The number of anilines is 6. The summed E-state index contributed by atoms with van der Waals surface area (Å²) < 4.78 is 0. The molecule has 1 aliphatic rings. The minimum absolute atomic E-state index is 0.227. The van der Waals surface area contributed by atoms with Crippen LogP contribution in [0.15, 0.2) is 170 Å². The van der Waals surface area contributed by atoms with Gasteiger partial charge >= 0.3 is 0 Å². The average Bonchev–Trinajstić information content (AvgIpc) is 3.10. The molecular weight excluding hydrogens is 544 g/mol. The van der Waals surface area contributed by atoms with Gasteiger partial charge in [0.05, 0.1) is 17.1 Å². The molecule has 45 heavy (non-hydrogen) atoms. The third-order valence-corrected chi connectivity index (χ3v) is 9.21. The highest BCUT2D eigenvalue weighted by atomic mass is 15.2. The first-order valence-corrected chi connectivity index (χ1v) is 15.6. The van der Waals surface area contributed by atoms with Crippen molar-refractivity contribution in [2.75, 3.05) is 9.80 Å². The van der Waals surface area contributed by atoms with Crippen LogP contribution in [0.5, 0.6) is 0 Å². The van der Waals surface area contributed by atoms with Gasteiger partial charge in [0.2, 0.25) is 0 Å². The first-order valence-electron chi connectivity index (χ1n) is 15.6. The molecule has 8 rings (SSSR count). The van der Waals surface area contributed by atoms with Crippen LogP contribution in [0.4, 0.5) is 34.1 Å². The lowest BCUT2D eigenvalue weighted by Crippen LogP contribution is -2.31. The molecule has 0 unspecified atom stereocenters. The van der Waals surface area contributed by atoms with E-state index in [-0.39, 0.29) is 5.41 Å². The van der Waals surface area contributed by atoms with Crippen molar-refractivity contribution in [2.45, 2.75) is 19.3 Å². The molecule has 7 aromatic carbocycles. The van der Waals surface area contributed by atoms with E-state index in [9.17, 15) is 0 Å². The standard InChI is InChI=1S/C43H34N2/c1-43(2)38-24-14-15-25-40(38)45(42-36-23-13-12-18-32(36)26-28-37(42)31-16-6-3-7-17-31)41-29-27-35(30-39(41)43)44(33-19-8-4-9-20-33)34-21-10-5-11-22-34/h3-30H,1-2H3. The first kappa shape index (κ1) is 27.0. The topological polar surface area (TPSA) is 6.48 Å². The van der Waals surface area contributed by atoms with Crippen LogP contribution in [-0.2, 0) is 5.41 Å². The summed E-state index contributed by atoms with van der Waals surface area (Å²) in [6, 6.07) is 61.3. The molecule has 0 N–H and O–H groups in total. The van der Waals surface area contributed by atoms with Crippen LogP contribution in [0.1, 0.15) is 25.0 Å². The third-order valence-electron chi connectivity index (χ3n) is 9.21. The minimum Gasteiger partial charge on any atom is -0.310 e. The van der Waals surface area contributed by atoms with Gasteiger partial charge in [-0.15, -0.1) is 0 Å². The maximum atomic E-state index is 2.51. The summed E-state index contributed by atoms with van der Waals surface area (Å²) in [6.07, 6.45) is 0. The number of hydrogen-bond donors (Lipinski definition) is 0. The minimum atomic E-state index is -0.227. The monoisotopic (exact) mass is 578 g/mol. The molecule has 0 aliphatic carbocycles. The van der Waals surface area contributed by atoms with Gasteiger partial charge in [-0.3, -0.25) is 0 Å². The Morgan fingerprint density at radius 2 is 1.04 bits per heavy atom. The molecule has 0 saturated carbocycles. The third kappa shape index (κ3) is 4.49. The Morgan fingerprint density at radius 1 is 0.467 bits per heavy atom. The molecule has 0 spiro atoms. The van der Waals surface area contributed by atoms with Crippen LogP contribution in [0.3, 0.4) is 0 Å². The second-order valence-electron chi connectivity index (χ2n) is 12.2. The van der Waals surface area contributed by atoms with E-state index in [1.807, 2.05) is 0 Å². The van der Waals surface area contributed by atoms with Crippen molar-refractivity contribution in [3.8, 4) is 11.1 Å². The Balaban J connectivity index is 1.42. The molecule has 0 saturated heterocycles. The Labute approximate surface area is 265 Å². The van der Waals surface area contributed by atoms with Crippen molar-refractivity contribution in [3.05, 3.63) is 181 Å². The molecule has 0 fully saturated rings. The van der Waals surface area contributed by atoms with Crippen molar-refractivity contribution in [1.29, 1.82) is 0 Å². The molecule has 2 nitrogen and oxygen atoms in total. The van der Waals surface area contributed by atoms with Crippen molar-refractivity contribution in [3.63, 3.8) is 0 Å². The predicted molar refractivity (Wildman–Crippen MR) is 191 cm³/mol. The summed E-state index contributed by atoms with van der Waals surface area (Å²) >= 11 is 0. The summed E-state index contributed by atoms with van der Waals surface area (Å²) in [5.74, 6) is 0.